The zero-order chi connectivity index (χ0) is 15.4. The van der Waals surface area contributed by atoms with E-state index >= 15 is 0 Å². The molecule has 0 bridgehead atoms. The Hall–Kier alpha value is -2.97. The summed E-state index contributed by atoms with van der Waals surface area (Å²) in [6.45, 7) is 0. The molecular formula is C11H9NO8. The van der Waals surface area contributed by atoms with E-state index in [4.69, 9.17) is 20.4 Å². The molecule has 0 unspecified atom stereocenters. The molecule has 0 fully saturated rings. The number of rotatable bonds is 6. The summed E-state index contributed by atoms with van der Waals surface area (Å²) in [5.41, 5.74) is -1.26. The molecule has 0 aliphatic rings. The van der Waals surface area contributed by atoms with Crippen molar-refractivity contribution in [1.82, 2.24) is 4.98 Å². The Bertz CT molecular complexity index is 548. The molecule has 0 radical (unpaired) electrons. The third kappa shape index (κ3) is 3.51. The van der Waals surface area contributed by atoms with E-state index in [2.05, 4.69) is 4.98 Å². The fourth-order valence-electron chi connectivity index (χ4n) is 1.44. The fraction of sp³-hybridized carbons (Fsp3) is 0.182. The average Bonchev–Trinajstić information content (AvgIpc) is 2.34. The Labute approximate surface area is 111 Å². The predicted molar refractivity (Wildman–Crippen MR) is 60.6 cm³/mol. The molecule has 20 heavy (non-hydrogen) atoms. The van der Waals surface area contributed by atoms with Gasteiger partial charge in [-0.3, -0.25) is 9.59 Å². The summed E-state index contributed by atoms with van der Waals surface area (Å²) in [5, 5.41) is 35.0. The lowest BCUT2D eigenvalue weighted by Gasteiger charge is -2.08. The zero-order valence-electron chi connectivity index (χ0n) is 9.81. The molecule has 106 valence electrons. The number of pyridine rings is 1. The first-order valence-electron chi connectivity index (χ1n) is 5.15. The number of carboxylic acid groups (broad SMARTS) is 4. The first kappa shape index (κ1) is 15.1. The minimum Gasteiger partial charge on any atom is -0.481 e. The largest absolute Gasteiger partial charge is 0.481 e. The number of nitrogens with zero attached hydrogens (tertiary/aromatic N) is 1. The summed E-state index contributed by atoms with van der Waals surface area (Å²) < 4.78 is 0. The second-order valence-electron chi connectivity index (χ2n) is 3.79. The van der Waals surface area contributed by atoms with E-state index in [0.29, 0.717) is 0 Å². The van der Waals surface area contributed by atoms with Gasteiger partial charge in [0.15, 0.2) is 5.92 Å². The molecule has 1 aromatic heterocycles. The van der Waals surface area contributed by atoms with Gasteiger partial charge in [-0.25, -0.2) is 14.6 Å². The second-order valence-corrected chi connectivity index (χ2v) is 3.79. The molecular weight excluding hydrogens is 274 g/mol. The van der Waals surface area contributed by atoms with Gasteiger partial charge in [0.2, 0.25) is 0 Å². The highest BCUT2D eigenvalue weighted by molar-refractivity contribution is 5.94. The van der Waals surface area contributed by atoms with Crippen molar-refractivity contribution in [1.29, 1.82) is 0 Å². The predicted octanol–water partition coefficient (Wildman–Crippen LogP) is -0.194. The van der Waals surface area contributed by atoms with Crippen LogP contribution < -0.4 is 0 Å². The van der Waals surface area contributed by atoms with Crippen molar-refractivity contribution < 1.29 is 39.6 Å². The van der Waals surface area contributed by atoms with E-state index in [-0.39, 0.29) is 5.56 Å². The Morgan fingerprint density at radius 2 is 1.30 bits per heavy atom. The van der Waals surface area contributed by atoms with Gasteiger partial charge >= 0.3 is 23.9 Å². The summed E-state index contributed by atoms with van der Waals surface area (Å²) in [5.74, 6) is -8.03. The molecule has 0 aromatic carbocycles. The highest BCUT2D eigenvalue weighted by atomic mass is 16.4. The van der Waals surface area contributed by atoms with Crippen LogP contribution >= 0.6 is 0 Å². The fourth-order valence-corrected chi connectivity index (χ4v) is 1.44. The Balaban J connectivity index is 3.23. The number of carbonyl (C=O) groups is 4. The third-order valence-electron chi connectivity index (χ3n) is 2.36. The average molecular weight is 283 g/mol. The monoisotopic (exact) mass is 283 g/mol. The number of aliphatic carboxylic acids is 2. The van der Waals surface area contributed by atoms with Gasteiger partial charge in [-0.15, -0.1) is 0 Å². The van der Waals surface area contributed by atoms with E-state index in [1.165, 1.54) is 0 Å². The van der Waals surface area contributed by atoms with Crippen LogP contribution in [-0.4, -0.2) is 49.3 Å². The Morgan fingerprint density at radius 1 is 0.900 bits per heavy atom. The minimum atomic E-state index is -1.80. The van der Waals surface area contributed by atoms with Gasteiger partial charge in [0, 0.05) is 0 Å². The summed E-state index contributed by atoms with van der Waals surface area (Å²) in [4.78, 5) is 46.4. The van der Waals surface area contributed by atoms with Crippen molar-refractivity contribution in [3.63, 3.8) is 0 Å². The Kier molecular flexibility index (Phi) is 4.36. The van der Waals surface area contributed by atoms with Crippen LogP contribution in [0.5, 0.6) is 0 Å². The molecule has 0 saturated carbocycles. The van der Waals surface area contributed by atoms with Gasteiger partial charge in [-0.1, -0.05) is 0 Å². The highest BCUT2D eigenvalue weighted by Gasteiger charge is 2.27. The molecule has 1 heterocycles. The van der Waals surface area contributed by atoms with Crippen LogP contribution in [0.25, 0.3) is 0 Å². The standard InChI is InChI=1S/C11H9NO8/c13-8(14)5(9(15)16)1-4-2-6(10(17)18)12-7(3-4)11(19)20/h2-3,5H,1H2,(H,13,14)(H,15,16)(H,17,18)(H,19,20). The maximum Gasteiger partial charge on any atom is 0.354 e. The van der Waals surface area contributed by atoms with E-state index in [9.17, 15) is 19.2 Å². The van der Waals surface area contributed by atoms with Crippen LogP contribution in [0.15, 0.2) is 12.1 Å². The van der Waals surface area contributed by atoms with Crippen LogP contribution in [0, 0.1) is 5.92 Å². The second kappa shape index (κ2) is 5.78. The maximum absolute atomic E-state index is 10.8. The molecule has 0 atom stereocenters. The van der Waals surface area contributed by atoms with Gasteiger partial charge < -0.3 is 20.4 Å². The van der Waals surface area contributed by atoms with Crippen molar-refractivity contribution in [3.8, 4) is 0 Å². The van der Waals surface area contributed by atoms with E-state index in [0.717, 1.165) is 12.1 Å². The van der Waals surface area contributed by atoms with Crippen LogP contribution in [0.2, 0.25) is 0 Å². The quantitative estimate of drug-likeness (QED) is 0.518. The van der Waals surface area contributed by atoms with Crippen molar-refractivity contribution in [2.24, 2.45) is 5.92 Å². The van der Waals surface area contributed by atoms with E-state index < -0.39 is 47.6 Å². The lowest BCUT2D eigenvalue weighted by atomic mass is 9.99. The number of aromatic carboxylic acids is 2. The van der Waals surface area contributed by atoms with Crippen molar-refractivity contribution >= 4 is 23.9 Å². The summed E-state index contributed by atoms with van der Waals surface area (Å²) in [6, 6.07) is 1.88. The van der Waals surface area contributed by atoms with Crippen molar-refractivity contribution in [2.75, 3.05) is 0 Å². The molecule has 0 aliphatic heterocycles. The SMILES string of the molecule is O=C(O)c1cc(CC(C(=O)O)C(=O)O)cc(C(=O)O)n1. The molecule has 4 N–H and O–H groups in total. The Morgan fingerprint density at radius 3 is 1.60 bits per heavy atom. The summed E-state index contributed by atoms with van der Waals surface area (Å²) >= 11 is 0. The van der Waals surface area contributed by atoms with Gasteiger partial charge in [-0.2, -0.15) is 0 Å². The number of hydrogen-bond donors (Lipinski definition) is 4. The van der Waals surface area contributed by atoms with Crippen LogP contribution in [0.4, 0.5) is 0 Å². The molecule has 9 heteroatoms. The molecule has 0 amide bonds. The summed E-state index contributed by atoms with van der Waals surface area (Å²) in [6.07, 6.45) is -0.548. The first-order chi connectivity index (χ1) is 9.22. The van der Waals surface area contributed by atoms with Gasteiger partial charge in [-0.05, 0) is 24.1 Å². The van der Waals surface area contributed by atoms with Crippen LogP contribution in [0.3, 0.4) is 0 Å². The molecule has 1 aromatic rings. The third-order valence-corrected chi connectivity index (χ3v) is 2.36. The molecule has 0 spiro atoms. The van der Waals surface area contributed by atoms with E-state index in [1.807, 2.05) is 0 Å². The van der Waals surface area contributed by atoms with Gasteiger partial charge in [0.1, 0.15) is 11.4 Å². The normalized spacial score (nSPS) is 10.2. The van der Waals surface area contributed by atoms with Crippen LogP contribution in [-0.2, 0) is 16.0 Å². The minimum absolute atomic E-state index is 0.0513. The van der Waals surface area contributed by atoms with E-state index in [1.54, 1.807) is 0 Å². The number of aromatic nitrogens is 1. The van der Waals surface area contributed by atoms with Gasteiger partial charge in [0.25, 0.3) is 0 Å². The lowest BCUT2D eigenvalue weighted by molar-refractivity contribution is -0.154. The molecule has 1 rings (SSSR count). The lowest BCUT2D eigenvalue weighted by Crippen LogP contribution is -2.26. The molecule has 0 aliphatic carbocycles. The topological polar surface area (TPSA) is 162 Å². The maximum atomic E-state index is 10.8. The van der Waals surface area contributed by atoms with Crippen molar-refractivity contribution in [3.05, 3.63) is 29.1 Å². The van der Waals surface area contributed by atoms with Gasteiger partial charge in [0.05, 0.1) is 0 Å². The smallest absolute Gasteiger partial charge is 0.354 e. The number of carboxylic acids is 4. The zero-order valence-corrected chi connectivity index (χ0v) is 9.81. The first-order valence-corrected chi connectivity index (χ1v) is 5.15. The number of hydrogen-bond acceptors (Lipinski definition) is 5. The highest BCUT2D eigenvalue weighted by Crippen LogP contribution is 2.13. The summed E-state index contributed by atoms with van der Waals surface area (Å²) in [7, 11) is 0. The van der Waals surface area contributed by atoms with Crippen molar-refractivity contribution in [2.45, 2.75) is 6.42 Å². The molecule has 0 saturated heterocycles. The molecule has 9 nitrogen and oxygen atoms in total. The van der Waals surface area contributed by atoms with Crippen LogP contribution in [0.1, 0.15) is 26.5 Å².